The van der Waals surface area contributed by atoms with Crippen molar-refractivity contribution in [1.29, 1.82) is 0 Å². The first-order valence-electron chi connectivity index (χ1n) is 11.6. The Bertz CT molecular complexity index is 1490. The van der Waals surface area contributed by atoms with E-state index in [1.165, 1.54) is 22.6 Å². The molecule has 0 bridgehead atoms. The average molecular weight is 517 g/mol. The van der Waals surface area contributed by atoms with E-state index in [0.717, 1.165) is 38.0 Å². The minimum absolute atomic E-state index is 0.0275. The summed E-state index contributed by atoms with van der Waals surface area (Å²) in [5, 5.41) is 15.2. The molecular weight excluding hydrogens is 491 g/mol. The van der Waals surface area contributed by atoms with Crippen LogP contribution < -0.4 is 0 Å². The van der Waals surface area contributed by atoms with Crippen LogP contribution in [-0.2, 0) is 6.42 Å². The van der Waals surface area contributed by atoms with Crippen molar-refractivity contribution in [1.82, 2.24) is 10.1 Å². The predicted molar refractivity (Wildman–Crippen MR) is 144 cm³/mol. The number of thiazole rings is 1. The normalized spacial score (nSPS) is 12.1. The third kappa shape index (κ3) is 5.37. The van der Waals surface area contributed by atoms with Crippen molar-refractivity contribution in [2.45, 2.75) is 37.3 Å². The zero-order valence-corrected chi connectivity index (χ0v) is 21.8. The minimum atomic E-state index is -0.284. The molecule has 5 aromatic rings. The Morgan fingerprint density at radius 1 is 0.944 bits per heavy atom. The summed E-state index contributed by atoms with van der Waals surface area (Å²) in [6.45, 7) is 6.02. The van der Waals surface area contributed by atoms with Crippen LogP contribution >= 0.6 is 23.1 Å². The molecule has 4 nitrogen and oxygen atoms in total. The zero-order valence-electron chi connectivity index (χ0n) is 20.2. The van der Waals surface area contributed by atoms with E-state index in [4.69, 9.17) is 9.51 Å². The van der Waals surface area contributed by atoms with Crippen molar-refractivity contribution >= 4 is 23.1 Å². The molecule has 0 saturated carbocycles. The van der Waals surface area contributed by atoms with Crippen LogP contribution in [0.3, 0.4) is 0 Å². The van der Waals surface area contributed by atoms with Gasteiger partial charge in [-0.1, -0.05) is 35.0 Å². The summed E-state index contributed by atoms with van der Waals surface area (Å²) >= 11 is 3.41. The van der Waals surface area contributed by atoms with Gasteiger partial charge < -0.3 is 9.63 Å². The Kier molecular flexibility index (Phi) is 6.94. The molecule has 1 atom stereocenters. The fraction of sp³-hybridized carbons (Fsp3) is 0.172. The third-order valence-corrected chi connectivity index (χ3v) is 8.64. The van der Waals surface area contributed by atoms with Crippen molar-refractivity contribution < 1.29 is 14.0 Å². The maximum atomic E-state index is 13.3. The monoisotopic (exact) mass is 516 g/mol. The summed E-state index contributed by atoms with van der Waals surface area (Å²) < 4.78 is 19.1. The van der Waals surface area contributed by atoms with E-state index >= 15 is 0 Å². The molecule has 0 radical (unpaired) electrons. The number of nitrogens with zero attached hydrogens (tertiary/aromatic N) is 2. The molecule has 2 aromatic heterocycles. The lowest BCUT2D eigenvalue weighted by Crippen LogP contribution is -1.98. The summed E-state index contributed by atoms with van der Waals surface area (Å²) in [5.74, 6) is 0.742. The zero-order chi connectivity index (χ0) is 25.2. The highest BCUT2D eigenvalue weighted by Gasteiger charge is 2.23. The van der Waals surface area contributed by atoms with E-state index in [1.54, 1.807) is 41.3 Å². The lowest BCUT2D eigenvalue weighted by atomic mass is 10.1. The van der Waals surface area contributed by atoms with Gasteiger partial charge in [-0.3, -0.25) is 0 Å². The van der Waals surface area contributed by atoms with Crippen LogP contribution in [0.25, 0.3) is 21.8 Å². The molecule has 0 aliphatic carbocycles. The van der Waals surface area contributed by atoms with E-state index in [1.807, 2.05) is 32.0 Å². The largest absolute Gasteiger partial charge is 0.508 e. The van der Waals surface area contributed by atoms with Gasteiger partial charge in [0.1, 0.15) is 28.0 Å². The Hall–Kier alpha value is -3.42. The smallest absolute Gasteiger partial charge is 0.138 e. The van der Waals surface area contributed by atoms with Gasteiger partial charge in [0, 0.05) is 33.4 Å². The molecule has 3 aromatic carbocycles. The van der Waals surface area contributed by atoms with E-state index in [-0.39, 0.29) is 16.8 Å². The fourth-order valence-corrected chi connectivity index (χ4v) is 6.52. The van der Waals surface area contributed by atoms with Gasteiger partial charge in [-0.15, -0.1) is 23.1 Å². The van der Waals surface area contributed by atoms with Gasteiger partial charge in [0.25, 0.3) is 0 Å². The van der Waals surface area contributed by atoms with Gasteiger partial charge in [-0.2, -0.15) is 0 Å². The van der Waals surface area contributed by atoms with E-state index < -0.39 is 0 Å². The number of phenolic OH excluding ortho intramolecular Hbond substituents is 1. The predicted octanol–water partition coefficient (Wildman–Crippen LogP) is 8.31. The van der Waals surface area contributed by atoms with Crippen LogP contribution in [0.4, 0.5) is 4.39 Å². The number of benzene rings is 3. The Labute approximate surface area is 217 Å². The number of hydrogen-bond donors (Lipinski definition) is 1. The van der Waals surface area contributed by atoms with Crippen molar-refractivity contribution in [3.8, 4) is 27.6 Å². The molecule has 182 valence electrons. The van der Waals surface area contributed by atoms with Crippen molar-refractivity contribution in [2.24, 2.45) is 0 Å². The molecule has 36 heavy (non-hydrogen) atoms. The molecule has 0 saturated heterocycles. The van der Waals surface area contributed by atoms with Crippen LogP contribution in [0, 0.1) is 26.6 Å². The number of hydrogen-bond acceptors (Lipinski definition) is 6. The van der Waals surface area contributed by atoms with Crippen molar-refractivity contribution in [2.75, 3.05) is 0 Å². The highest BCUT2D eigenvalue weighted by molar-refractivity contribution is 7.99. The minimum Gasteiger partial charge on any atom is -0.508 e. The number of aryl methyl sites for hydroxylation is 3. The second-order valence-electron chi connectivity index (χ2n) is 8.78. The summed E-state index contributed by atoms with van der Waals surface area (Å²) in [6, 6.07) is 22.2. The maximum Gasteiger partial charge on any atom is 0.138 e. The highest BCUT2D eigenvalue weighted by atomic mass is 32.2. The third-order valence-electron chi connectivity index (χ3n) is 5.96. The lowest BCUT2D eigenvalue weighted by Gasteiger charge is -2.15. The SMILES string of the molecule is Cc1ccc(-c2nc(C)c(C(Cc3cc(-c4ccc(F)cc4)no3)Sc3ccc(O)c(C)c3)s2)cc1. The number of halogens is 1. The summed E-state index contributed by atoms with van der Waals surface area (Å²) in [4.78, 5) is 7.11. The molecule has 2 heterocycles. The van der Waals surface area contributed by atoms with E-state index in [2.05, 4.69) is 36.3 Å². The summed E-state index contributed by atoms with van der Waals surface area (Å²) in [6.07, 6.45) is 0.606. The second-order valence-corrected chi connectivity index (χ2v) is 11.1. The summed E-state index contributed by atoms with van der Waals surface area (Å²) in [7, 11) is 0. The first-order valence-corrected chi connectivity index (χ1v) is 13.3. The van der Waals surface area contributed by atoms with E-state index in [0.29, 0.717) is 12.1 Å². The van der Waals surface area contributed by atoms with Gasteiger partial charge in [0.15, 0.2) is 0 Å². The Morgan fingerprint density at radius 2 is 1.67 bits per heavy atom. The topological polar surface area (TPSA) is 59.2 Å². The Morgan fingerprint density at radius 3 is 2.39 bits per heavy atom. The molecule has 7 heteroatoms. The molecule has 0 spiro atoms. The number of thioether (sulfide) groups is 1. The van der Waals surface area contributed by atoms with Crippen molar-refractivity contribution in [3.05, 3.63) is 106 Å². The molecule has 0 aliphatic heterocycles. The second kappa shape index (κ2) is 10.3. The van der Waals surface area contributed by atoms with Gasteiger partial charge in [0.2, 0.25) is 0 Å². The van der Waals surface area contributed by atoms with Crippen LogP contribution in [0.1, 0.15) is 32.7 Å². The van der Waals surface area contributed by atoms with Gasteiger partial charge >= 0.3 is 0 Å². The van der Waals surface area contributed by atoms with Crippen LogP contribution in [0.15, 0.2) is 82.2 Å². The molecule has 1 unspecified atom stereocenters. The van der Waals surface area contributed by atoms with Crippen molar-refractivity contribution in [3.63, 3.8) is 0 Å². The molecule has 5 rings (SSSR count). The standard InChI is InChI=1S/C29H25FN2O2S2/c1-17-4-6-21(7-5-17)29-31-19(3)28(36-29)27(35-24-12-13-26(33)18(2)14-24)16-23-15-25(32-34-23)20-8-10-22(30)11-9-20/h4-15,27,33H,16H2,1-3H3. The maximum absolute atomic E-state index is 13.3. The highest BCUT2D eigenvalue weighted by Crippen LogP contribution is 2.44. The molecule has 0 fully saturated rings. The molecule has 0 aliphatic rings. The van der Waals surface area contributed by atoms with Gasteiger partial charge in [-0.05, 0) is 68.8 Å². The Balaban J connectivity index is 1.48. The first-order chi connectivity index (χ1) is 17.4. The summed E-state index contributed by atoms with van der Waals surface area (Å²) in [5.41, 5.74) is 5.62. The average Bonchev–Trinajstić information content (AvgIpc) is 3.49. The van der Waals surface area contributed by atoms with Gasteiger partial charge in [0.05, 0.1) is 10.9 Å². The van der Waals surface area contributed by atoms with Gasteiger partial charge in [-0.25, -0.2) is 9.37 Å². The first kappa shape index (κ1) is 24.3. The quantitative estimate of drug-likeness (QED) is 0.220. The fourth-order valence-electron chi connectivity index (χ4n) is 3.93. The van der Waals surface area contributed by atoms with Crippen LogP contribution in [0.5, 0.6) is 5.75 Å². The number of phenols is 1. The number of rotatable bonds is 7. The number of aromatic hydroxyl groups is 1. The van der Waals surface area contributed by atoms with Crippen LogP contribution in [-0.4, -0.2) is 15.2 Å². The lowest BCUT2D eigenvalue weighted by molar-refractivity contribution is 0.384. The van der Waals surface area contributed by atoms with E-state index in [9.17, 15) is 9.50 Å². The number of aromatic nitrogens is 2. The molecule has 1 N–H and O–H groups in total. The molecule has 0 amide bonds. The van der Waals surface area contributed by atoms with Crippen LogP contribution in [0.2, 0.25) is 0 Å². The molecular formula is C29H25FN2O2S2.